The largest absolute Gasteiger partial charge is 0.495 e. The third kappa shape index (κ3) is 6.56. The molecule has 0 radical (unpaired) electrons. The maximum Gasteiger partial charge on any atom is 0.323 e. The summed E-state index contributed by atoms with van der Waals surface area (Å²) in [6, 6.07) is 20.8. The summed E-state index contributed by atoms with van der Waals surface area (Å²) in [5.41, 5.74) is 4.80. The van der Waals surface area contributed by atoms with Crippen molar-refractivity contribution in [2.24, 2.45) is 0 Å². The fourth-order valence-corrected chi connectivity index (χ4v) is 4.57. The van der Waals surface area contributed by atoms with Crippen molar-refractivity contribution in [3.05, 3.63) is 77.9 Å². The number of anilines is 4. The van der Waals surface area contributed by atoms with Gasteiger partial charge in [0.05, 0.1) is 18.4 Å². The Morgan fingerprint density at radius 3 is 2.18 bits per heavy atom. The molecule has 200 valence electrons. The Labute approximate surface area is 225 Å². The first kappa shape index (κ1) is 26.9. The maximum atomic E-state index is 13.3. The third-order valence-corrected chi connectivity index (χ3v) is 6.81. The van der Waals surface area contributed by atoms with Crippen LogP contribution in [0.1, 0.15) is 36.2 Å². The minimum atomic E-state index is -0.359. The molecule has 1 unspecified atom stereocenters. The van der Waals surface area contributed by atoms with Crippen LogP contribution in [0.15, 0.2) is 66.7 Å². The smallest absolute Gasteiger partial charge is 0.323 e. The van der Waals surface area contributed by atoms with Crippen molar-refractivity contribution in [2.45, 2.75) is 33.2 Å². The van der Waals surface area contributed by atoms with Crippen molar-refractivity contribution in [1.82, 2.24) is 5.32 Å². The first-order chi connectivity index (χ1) is 18.4. The zero-order chi connectivity index (χ0) is 27.1. The van der Waals surface area contributed by atoms with Crippen LogP contribution in [0.3, 0.4) is 0 Å². The van der Waals surface area contributed by atoms with E-state index in [0.29, 0.717) is 16.9 Å². The fourth-order valence-electron chi connectivity index (χ4n) is 4.57. The highest BCUT2D eigenvalue weighted by molar-refractivity contribution is 6.04. The van der Waals surface area contributed by atoms with Crippen LogP contribution in [-0.4, -0.2) is 51.3 Å². The Bertz CT molecular complexity index is 1270. The lowest BCUT2D eigenvalue weighted by Crippen LogP contribution is -2.47. The molecule has 0 aliphatic carbocycles. The van der Waals surface area contributed by atoms with E-state index >= 15 is 0 Å². The minimum Gasteiger partial charge on any atom is -0.495 e. The number of piperazine rings is 1. The number of hydrogen-bond acceptors (Lipinski definition) is 5. The average molecular weight is 516 g/mol. The SMILES string of the molecule is CCC(C)NC(=O)c1cc(NC(=O)Nc2cccc(C)c2)ccc1N1CCN(c2ccccc2OC)CC1. The number of nitrogens with zero attached hydrogens (tertiary/aromatic N) is 2. The average Bonchev–Trinajstić information content (AvgIpc) is 2.93. The molecule has 0 saturated carbocycles. The van der Waals surface area contributed by atoms with E-state index in [1.165, 1.54) is 0 Å². The summed E-state index contributed by atoms with van der Waals surface area (Å²) in [5, 5.41) is 8.81. The zero-order valence-electron chi connectivity index (χ0n) is 22.6. The molecule has 1 atom stereocenters. The van der Waals surface area contributed by atoms with Crippen molar-refractivity contribution in [3.8, 4) is 5.75 Å². The number of methoxy groups -OCH3 is 1. The molecule has 1 aliphatic heterocycles. The molecule has 1 saturated heterocycles. The van der Waals surface area contributed by atoms with Gasteiger partial charge in [-0.1, -0.05) is 31.2 Å². The Kier molecular flexibility index (Phi) is 8.73. The van der Waals surface area contributed by atoms with Crippen molar-refractivity contribution in [1.29, 1.82) is 0 Å². The number of hydrogen-bond donors (Lipinski definition) is 3. The van der Waals surface area contributed by atoms with E-state index in [9.17, 15) is 9.59 Å². The molecule has 8 nitrogen and oxygen atoms in total. The second-order valence-corrected chi connectivity index (χ2v) is 9.61. The van der Waals surface area contributed by atoms with Gasteiger partial charge >= 0.3 is 6.03 Å². The van der Waals surface area contributed by atoms with Gasteiger partial charge in [0.25, 0.3) is 5.91 Å². The van der Waals surface area contributed by atoms with Gasteiger partial charge in [0, 0.05) is 49.3 Å². The van der Waals surface area contributed by atoms with E-state index in [-0.39, 0.29) is 18.0 Å². The number of carbonyl (C=O) groups excluding carboxylic acids is 2. The molecular formula is C30H37N5O3. The normalized spacial score (nSPS) is 14.0. The Morgan fingerprint density at radius 1 is 0.868 bits per heavy atom. The van der Waals surface area contributed by atoms with Crippen LogP contribution in [0, 0.1) is 6.92 Å². The Hall–Kier alpha value is -4.20. The number of para-hydroxylation sites is 2. The van der Waals surface area contributed by atoms with Gasteiger partial charge in [0.2, 0.25) is 0 Å². The number of benzene rings is 3. The first-order valence-corrected chi connectivity index (χ1v) is 13.1. The molecule has 1 fully saturated rings. The van der Waals surface area contributed by atoms with Crippen molar-refractivity contribution >= 4 is 34.7 Å². The van der Waals surface area contributed by atoms with Crippen molar-refractivity contribution in [3.63, 3.8) is 0 Å². The fraction of sp³-hybridized carbons (Fsp3) is 0.333. The highest BCUT2D eigenvalue weighted by Crippen LogP contribution is 2.31. The van der Waals surface area contributed by atoms with Crippen LogP contribution in [0.2, 0.25) is 0 Å². The standard InChI is InChI=1S/C30H37N5O3/c1-5-22(3)31-29(36)25-20-24(33-30(37)32-23-10-8-9-21(2)19-23)13-14-26(25)34-15-17-35(18-16-34)27-11-6-7-12-28(27)38-4/h6-14,19-20,22H,5,15-18H2,1-4H3,(H,31,36)(H2,32,33,37). The van der Waals surface area contributed by atoms with Gasteiger partial charge in [-0.25, -0.2) is 4.79 Å². The molecule has 8 heteroatoms. The van der Waals surface area contributed by atoms with Gasteiger partial charge in [-0.3, -0.25) is 4.79 Å². The molecule has 0 aromatic heterocycles. The molecule has 1 aliphatic rings. The molecule has 0 spiro atoms. The van der Waals surface area contributed by atoms with Crippen molar-refractivity contribution in [2.75, 3.05) is 53.7 Å². The molecule has 1 heterocycles. The Balaban J connectivity index is 1.52. The predicted molar refractivity (Wildman–Crippen MR) is 155 cm³/mol. The van der Waals surface area contributed by atoms with E-state index in [1.807, 2.05) is 75.4 Å². The van der Waals surface area contributed by atoms with Crippen LogP contribution >= 0.6 is 0 Å². The monoisotopic (exact) mass is 515 g/mol. The summed E-state index contributed by atoms with van der Waals surface area (Å²) in [6.07, 6.45) is 0.829. The molecule has 3 aromatic rings. The molecule has 3 aromatic carbocycles. The first-order valence-electron chi connectivity index (χ1n) is 13.1. The minimum absolute atomic E-state index is 0.0407. The molecule has 3 amide bonds. The number of rotatable bonds is 8. The molecule has 3 N–H and O–H groups in total. The summed E-state index contributed by atoms with van der Waals surface area (Å²) in [7, 11) is 1.69. The highest BCUT2D eigenvalue weighted by Gasteiger charge is 2.24. The third-order valence-electron chi connectivity index (χ3n) is 6.81. The van der Waals surface area contributed by atoms with Crippen molar-refractivity contribution < 1.29 is 14.3 Å². The van der Waals surface area contributed by atoms with Crippen LogP contribution in [0.4, 0.5) is 27.5 Å². The van der Waals surface area contributed by atoms with Crippen LogP contribution in [0.25, 0.3) is 0 Å². The number of ether oxygens (including phenoxy) is 1. The van der Waals surface area contributed by atoms with Gasteiger partial charge in [0.1, 0.15) is 5.75 Å². The van der Waals surface area contributed by atoms with E-state index < -0.39 is 0 Å². The Morgan fingerprint density at radius 2 is 1.53 bits per heavy atom. The molecule has 0 bridgehead atoms. The maximum absolute atomic E-state index is 13.3. The lowest BCUT2D eigenvalue weighted by Gasteiger charge is -2.38. The topological polar surface area (TPSA) is 85.9 Å². The molecule has 4 rings (SSSR count). The number of nitrogens with one attached hydrogen (secondary N) is 3. The summed E-state index contributed by atoms with van der Waals surface area (Å²) < 4.78 is 5.55. The van der Waals surface area contributed by atoms with E-state index in [0.717, 1.165) is 55.3 Å². The summed E-state index contributed by atoms with van der Waals surface area (Å²) in [6.45, 7) is 9.10. The summed E-state index contributed by atoms with van der Waals surface area (Å²) in [5.74, 6) is 0.707. The lowest BCUT2D eigenvalue weighted by molar-refractivity contribution is 0.0939. The summed E-state index contributed by atoms with van der Waals surface area (Å²) in [4.78, 5) is 30.5. The number of carbonyl (C=O) groups is 2. The van der Waals surface area contributed by atoms with E-state index in [2.05, 4.69) is 31.8 Å². The second kappa shape index (κ2) is 12.4. The van der Waals surface area contributed by atoms with Crippen LogP contribution < -0.4 is 30.5 Å². The van der Waals surface area contributed by atoms with Crippen LogP contribution in [-0.2, 0) is 0 Å². The number of urea groups is 1. The van der Waals surface area contributed by atoms with Gasteiger partial charge < -0.3 is 30.5 Å². The van der Waals surface area contributed by atoms with Gasteiger partial charge in [-0.05, 0) is 68.3 Å². The predicted octanol–water partition coefficient (Wildman–Crippen LogP) is 5.50. The van der Waals surface area contributed by atoms with Crippen LogP contribution in [0.5, 0.6) is 5.75 Å². The number of aryl methyl sites for hydroxylation is 1. The number of amides is 3. The zero-order valence-corrected chi connectivity index (χ0v) is 22.6. The van der Waals surface area contributed by atoms with Gasteiger partial charge in [-0.15, -0.1) is 0 Å². The second-order valence-electron chi connectivity index (χ2n) is 9.61. The van der Waals surface area contributed by atoms with Gasteiger partial charge in [-0.2, -0.15) is 0 Å². The van der Waals surface area contributed by atoms with E-state index in [1.54, 1.807) is 13.2 Å². The van der Waals surface area contributed by atoms with Gasteiger partial charge in [0.15, 0.2) is 0 Å². The van der Waals surface area contributed by atoms with E-state index in [4.69, 9.17) is 4.74 Å². The lowest BCUT2D eigenvalue weighted by atomic mass is 10.1. The molecular weight excluding hydrogens is 478 g/mol. The summed E-state index contributed by atoms with van der Waals surface area (Å²) >= 11 is 0. The quantitative estimate of drug-likeness (QED) is 0.369. The molecule has 38 heavy (non-hydrogen) atoms. The highest BCUT2D eigenvalue weighted by atomic mass is 16.5.